The smallest absolute Gasteiger partial charge is 0.223 e. The van der Waals surface area contributed by atoms with Crippen molar-refractivity contribution in [1.29, 1.82) is 0 Å². The summed E-state index contributed by atoms with van der Waals surface area (Å²) in [5, 5.41) is 0. The highest BCUT2D eigenvalue weighted by Gasteiger charge is 2.19. The largest absolute Gasteiger partial charge is 0.439 e. The van der Waals surface area contributed by atoms with Gasteiger partial charge in [0.05, 0.1) is 0 Å². The van der Waals surface area contributed by atoms with Crippen molar-refractivity contribution in [3.63, 3.8) is 0 Å². The van der Waals surface area contributed by atoms with Crippen LogP contribution < -0.4 is 4.74 Å². The monoisotopic (exact) mass is 334 g/mol. The maximum Gasteiger partial charge on any atom is 0.223 e. The molecule has 0 radical (unpaired) electrons. The van der Waals surface area contributed by atoms with Gasteiger partial charge in [0.2, 0.25) is 5.88 Å². The van der Waals surface area contributed by atoms with Crippen molar-refractivity contribution < 1.29 is 4.74 Å². The molecule has 0 aliphatic rings. The third-order valence-electron chi connectivity index (χ3n) is 2.76. The number of benzene rings is 1. The summed E-state index contributed by atoms with van der Waals surface area (Å²) < 4.78 is 6.61. The van der Waals surface area contributed by atoms with Gasteiger partial charge in [0.1, 0.15) is 16.2 Å². The molecule has 0 bridgehead atoms. The van der Waals surface area contributed by atoms with Crippen LogP contribution in [0.25, 0.3) is 0 Å². The fourth-order valence-electron chi connectivity index (χ4n) is 1.90. The Morgan fingerprint density at radius 2 is 1.55 bits per heavy atom. The number of aryl methyl sites for hydroxylation is 2. The second kappa shape index (κ2) is 5.52. The normalized spacial score (nSPS) is 11.5. The van der Waals surface area contributed by atoms with Gasteiger partial charge in [-0.1, -0.05) is 26.8 Å². The van der Waals surface area contributed by atoms with Gasteiger partial charge in [0.15, 0.2) is 0 Å². The number of aromatic nitrogens is 2. The van der Waals surface area contributed by atoms with Crippen molar-refractivity contribution in [3.8, 4) is 11.6 Å². The van der Waals surface area contributed by atoms with Gasteiger partial charge in [-0.2, -0.15) is 4.98 Å². The molecule has 0 spiro atoms. The second-order valence-electron chi connectivity index (χ2n) is 6.03. The summed E-state index contributed by atoms with van der Waals surface area (Å²) >= 11 is 3.42. The number of rotatable bonds is 2. The molecule has 106 valence electrons. The van der Waals surface area contributed by atoms with Crippen LogP contribution in [0.15, 0.2) is 28.9 Å². The molecule has 2 aromatic rings. The minimum Gasteiger partial charge on any atom is -0.439 e. The average molecular weight is 335 g/mol. The predicted octanol–water partition coefficient (Wildman–Crippen LogP) is 4.95. The molecule has 20 heavy (non-hydrogen) atoms. The van der Waals surface area contributed by atoms with Crippen molar-refractivity contribution in [3.05, 3.63) is 45.8 Å². The summed E-state index contributed by atoms with van der Waals surface area (Å²) in [6.07, 6.45) is 0. The minimum atomic E-state index is -0.121. The topological polar surface area (TPSA) is 35.0 Å². The molecule has 0 unspecified atom stereocenters. The van der Waals surface area contributed by atoms with Gasteiger partial charge in [0.25, 0.3) is 0 Å². The fourth-order valence-corrected chi connectivity index (χ4v) is 2.26. The van der Waals surface area contributed by atoms with E-state index in [-0.39, 0.29) is 5.41 Å². The number of hydrogen-bond acceptors (Lipinski definition) is 3. The Kier molecular flexibility index (Phi) is 4.14. The molecule has 0 aliphatic carbocycles. The van der Waals surface area contributed by atoms with E-state index in [9.17, 15) is 0 Å². The van der Waals surface area contributed by atoms with Crippen LogP contribution in [0, 0.1) is 13.8 Å². The van der Waals surface area contributed by atoms with Crippen molar-refractivity contribution in [2.45, 2.75) is 40.0 Å². The Balaban J connectivity index is 2.36. The molecule has 0 aliphatic heterocycles. The zero-order chi connectivity index (χ0) is 14.9. The van der Waals surface area contributed by atoms with Gasteiger partial charge in [-0.15, -0.1) is 0 Å². The van der Waals surface area contributed by atoms with E-state index < -0.39 is 0 Å². The number of hydrogen-bond donors (Lipinski definition) is 0. The Morgan fingerprint density at radius 1 is 0.950 bits per heavy atom. The summed E-state index contributed by atoms with van der Waals surface area (Å²) in [5.74, 6) is 2.11. The highest BCUT2D eigenvalue weighted by Crippen LogP contribution is 2.27. The van der Waals surface area contributed by atoms with E-state index in [1.54, 1.807) is 6.07 Å². The summed E-state index contributed by atoms with van der Waals surface area (Å²) in [7, 11) is 0. The molecular weight excluding hydrogens is 316 g/mol. The van der Waals surface area contributed by atoms with Crippen molar-refractivity contribution in [1.82, 2.24) is 9.97 Å². The molecule has 0 fully saturated rings. The van der Waals surface area contributed by atoms with Gasteiger partial charge >= 0.3 is 0 Å². The third-order valence-corrected chi connectivity index (χ3v) is 3.17. The molecular formula is C16H19BrN2O. The first-order valence-corrected chi connectivity index (χ1v) is 7.34. The molecule has 4 heteroatoms. The highest BCUT2D eigenvalue weighted by molar-refractivity contribution is 9.10. The van der Waals surface area contributed by atoms with Gasteiger partial charge in [-0.3, -0.25) is 0 Å². The van der Waals surface area contributed by atoms with E-state index in [0.717, 1.165) is 16.2 Å². The van der Waals surface area contributed by atoms with Crippen LogP contribution in [0.2, 0.25) is 0 Å². The first-order valence-electron chi connectivity index (χ1n) is 6.55. The maximum atomic E-state index is 5.88. The molecule has 3 nitrogen and oxygen atoms in total. The molecule has 1 aromatic carbocycles. The van der Waals surface area contributed by atoms with E-state index in [4.69, 9.17) is 4.74 Å². The number of ether oxygens (including phenoxy) is 1. The van der Waals surface area contributed by atoms with Crippen molar-refractivity contribution in [2.75, 3.05) is 0 Å². The molecule has 0 saturated heterocycles. The molecule has 0 amide bonds. The molecule has 1 heterocycles. The Morgan fingerprint density at radius 3 is 2.10 bits per heavy atom. The zero-order valence-corrected chi connectivity index (χ0v) is 14.1. The third kappa shape index (κ3) is 3.79. The zero-order valence-electron chi connectivity index (χ0n) is 12.5. The fraction of sp³-hybridized carbons (Fsp3) is 0.375. The lowest BCUT2D eigenvalue weighted by atomic mass is 9.96. The van der Waals surface area contributed by atoms with Crippen molar-refractivity contribution in [2.24, 2.45) is 0 Å². The molecule has 0 atom stereocenters. The predicted molar refractivity (Wildman–Crippen MR) is 84.4 cm³/mol. The quantitative estimate of drug-likeness (QED) is 0.729. The Labute approximate surface area is 128 Å². The first-order chi connectivity index (χ1) is 9.24. The van der Waals surface area contributed by atoms with Crippen LogP contribution in [0.3, 0.4) is 0 Å². The van der Waals surface area contributed by atoms with E-state index in [1.165, 1.54) is 11.1 Å². The number of nitrogens with zero attached hydrogens (tertiary/aromatic N) is 2. The molecule has 0 N–H and O–H groups in total. The van der Waals surface area contributed by atoms with Crippen LogP contribution in [-0.2, 0) is 5.41 Å². The van der Waals surface area contributed by atoms with Gasteiger partial charge in [0, 0.05) is 11.5 Å². The van der Waals surface area contributed by atoms with Gasteiger partial charge in [-0.25, -0.2) is 4.98 Å². The van der Waals surface area contributed by atoms with Crippen LogP contribution in [0.4, 0.5) is 0 Å². The van der Waals surface area contributed by atoms with Crippen LogP contribution in [0.1, 0.15) is 37.7 Å². The molecule has 1 aromatic heterocycles. The molecule has 2 rings (SSSR count). The Bertz CT molecular complexity index is 613. The summed E-state index contributed by atoms with van der Waals surface area (Å²) in [6.45, 7) is 10.3. The summed E-state index contributed by atoms with van der Waals surface area (Å²) in [5.41, 5.74) is 2.22. The van der Waals surface area contributed by atoms with Gasteiger partial charge < -0.3 is 4.74 Å². The number of halogens is 1. The Hall–Kier alpha value is -1.42. The molecule has 0 saturated carbocycles. The lowest BCUT2D eigenvalue weighted by Gasteiger charge is -2.17. The highest BCUT2D eigenvalue weighted by atomic mass is 79.9. The average Bonchev–Trinajstić information content (AvgIpc) is 2.25. The van der Waals surface area contributed by atoms with E-state index >= 15 is 0 Å². The van der Waals surface area contributed by atoms with E-state index in [1.807, 2.05) is 12.1 Å². The van der Waals surface area contributed by atoms with Crippen LogP contribution in [0.5, 0.6) is 11.6 Å². The SMILES string of the molecule is Cc1cc(C)cc(Oc2cc(Br)nc(C(C)(C)C)n2)c1. The lowest BCUT2D eigenvalue weighted by Crippen LogP contribution is -2.16. The van der Waals surface area contributed by atoms with Crippen LogP contribution >= 0.6 is 15.9 Å². The lowest BCUT2D eigenvalue weighted by molar-refractivity contribution is 0.444. The summed E-state index contributed by atoms with van der Waals surface area (Å²) in [4.78, 5) is 8.90. The second-order valence-corrected chi connectivity index (χ2v) is 6.84. The van der Waals surface area contributed by atoms with Crippen molar-refractivity contribution >= 4 is 15.9 Å². The van der Waals surface area contributed by atoms with E-state index in [0.29, 0.717) is 5.88 Å². The van der Waals surface area contributed by atoms with Gasteiger partial charge in [-0.05, 0) is 53.0 Å². The summed E-state index contributed by atoms with van der Waals surface area (Å²) in [6, 6.07) is 7.90. The first kappa shape index (κ1) is 15.0. The maximum absolute atomic E-state index is 5.88. The minimum absolute atomic E-state index is 0.121. The van der Waals surface area contributed by atoms with Crippen LogP contribution in [-0.4, -0.2) is 9.97 Å². The van der Waals surface area contributed by atoms with E-state index in [2.05, 4.69) is 66.6 Å². The standard InChI is InChI=1S/C16H19BrN2O/c1-10-6-11(2)8-12(7-10)20-14-9-13(17)18-15(19-14)16(3,4)5/h6-9H,1-5H3.